The first-order valence-corrected chi connectivity index (χ1v) is 47.4. The largest absolute Gasteiger partial charge is 0.309 e. The molecule has 142 heavy (non-hydrogen) atoms. The highest BCUT2D eigenvalue weighted by molar-refractivity contribution is 6.29. The van der Waals surface area contributed by atoms with Crippen LogP contribution in [0.3, 0.4) is 0 Å². The maximum atomic E-state index is 5.32. The highest BCUT2D eigenvalue weighted by Crippen LogP contribution is 2.47. The summed E-state index contributed by atoms with van der Waals surface area (Å²) >= 11 is 0. The molecule has 0 aliphatic rings. The number of pyridine rings is 3. The van der Waals surface area contributed by atoms with Crippen molar-refractivity contribution < 1.29 is 0 Å². The van der Waals surface area contributed by atoms with Crippen LogP contribution in [0, 0.1) is 0 Å². The van der Waals surface area contributed by atoms with Crippen LogP contribution in [0.15, 0.2) is 480 Å². The molecule has 0 saturated heterocycles. The van der Waals surface area contributed by atoms with E-state index < -0.39 is 0 Å². The van der Waals surface area contributed by atoms with E-state index in [1.165, 1.54) is 49.0 Å². The van der Waals surface area contributed by atoms with Crippen molar-refractivity contribution in [2.45, 2.75) is 0 Å². The number of benzene rings is 17. The first-order chi connectivity index (χ1) is 70.5. The number of hydrogen-bond donors (Lipinski definition) is 0. The number of hydrogen-bond acceptors (Lipinski definition) is 11. The van der Waals surface area contributed by atoms with Gasteiger partial charge in [-0.15, -0.1) is 0 Å². The second-order valence-electron chi connectivity index (χ2n) is 35.2. The average molecular weight is 1820 g/mol. The summed E-state index contributed by atoms with van der Waals surface area (Å²) in [6, 6.07) is 160. The highest BCUT2D eigenvalue weighted by Gasteiger charge is 2.29. The van der Waals surface area contributed by atoms with Crippen LogP contribution in [0.4, 0.5) is 0 Å². The van der Waals surface area contributed by atoms with E-state index in [1.807, 2.05) is 152 Å². The third kappa shape index (κ3) is 13.8. The highest BCUT2D eigenvalue weighted by atomic mass is 15.2. The van der Waals surface area contributed by atoms with E-state index in [0.717, 1.165) is 166 Å². The fourth-order valence-corrected chi connectivity index (χ4v) is 20.8. The quantitative estimate of drug-likeness (QED) is 0.108. The van der Waals surface area contributed by atoms with Gasteiger partial charge in [-0.25, -0.2) is 34.9 Å². The Morgan fingerprint density at radius 3 is 0.739 bits per heavy atom. The van der Waals surface area contributed by atoms with Gasteiger partial charge in [0.2, 0.25) is 17.8 Å². The summed E-state index contributed by atoms with van der Waals surface area (Å²) in [4.78, 5) is 55.7. The van der Waals surface area contributed by atoms with E-state index in [-0.39, 0.29) is 0 Å². The van der Waals surface area contributed by atoms with Gasteiger partial charge in [0.25, 0.3) is 0 Å². The summed E-state index contributed by atoms with van der Waals surface area (Å²) in [6.07, 6.45) is 5.52. The van der Waals surface area contributed by atoms with Crippen LogP contribution in [0.1, 0.15) is 0 Å². The molecule has 0 atom stereocenters. The standard InChI is InChI=1S/C44H28N6.C43H27N5.C38H24N6/c1-4-13-29(14-5-1)30-22-24-32(25-23-30)42-46-41(31-15-6-2-7-16-31)47-44(48-42)50-38-27-26-35-34-19-10-11-21-37(34)49(33-17-8-3-9-18-33)40(35)39(38)36-20-12-28-45-43(36)50;1-3-12-28(13-4-1)29-21-23-30(24-22-29)40-34-17-7-9-19-36(34)45-43(46-40)48-38-26-25-33-32-16-8-10-20-37(32)47(31-14-5-2-6-15-31)41(33)39(38)35-18-11-27-44-42(35)48;1-4-13-25(14-5-1)35-40-36(26-15-6-2-7-16-26)42-38(41-35)44-32-23-22-29-28-19-10-11-21-31(28)43(27-17-8-3-9-18-27)34(29)33(32)30-20-12-24-39-37(30)44/h1-28H;1-27H;1-24H. The summed E-state index contributed by atoms with van der Waals surface area (Å²) in [6.45, 7) is 0. The Balaban J connectivity index is 0.000000107. The van der Waals surface area contributed by atoms with Gasteiger partial charge in [0, 0.05) is 133 Å². The van der Waals surface area contributed by atoms with Crippen LogP contribution < -0.4 is 0 Å². The Morgan fingerprint density at radius 1 is 0.148 bits per heavy atom. The van der Waals surface area contributed by atoms with Gasteiger partial charge in [-0.1, -0.05) is 346 Å². The molecule has 29 rings (SSSR count). The summed E-state index contributed by atoms with van der Waals surface area (Å²) in [5, 5.41) is 14.6. The number of para-hydroxylation sites is 7. The third-order valence-electron chi connectivity index (χ3n) is 27.1. The van der Waals surface area contributed by atoms with Crippen LogP contribution >= 0.6 is 0 Å². The van der Waals surface area contributed by atoms with Crippen LogP contribution in [-0.4, -0.2) is 82.2 Å². The topological polar surface area (TPSA) is 171 Å². The number of aromatic nitrogens is 17. The Bertz CT molecular complexity index is 9890. The van der Waals surface area contributed by atoms with Crippen molar-refractivity contribution in [3.05, 3.63) is 480 Å². The van der Waals surface area contributed by atoms with E-state index in [9.17, 15) is 0 Å². The molecule has 0 N–H and O–H groups in total. The predicted octanol–water partition coefficient (Wildman–Crippen LogP) is 29.8. The van der Waals surface area contributed by atoms with E-state index >= 15 is 0 Å². The fraction of sp³-hybridized carbons (Fsp3) is 0. The van der Waals surface area contributed by atoms with Gasteiger partial charge in [0.1, 0.15) is 16.9 Å². The maximum Gasteiger partial charge on any atom is 0.240 e. The van der Waals surface area contributed by atoms with Gasteiger partial charge in [0.15, 0.2) is 23.3 Å². The lowest BCUT2D eigenvalue weighted by atomic mass is 10.0. The summed E-state index contributed by atoms with van der Waals surface area (Å²) < 4.78 is 13.4. The lowest BCUT2D eigenvalue weighted by Crippen LogP contribution is -2.07. The van der Waals surface area contributed by atoms with Crippen molar-refractivity contribution in [1.29, 1.82) is 0 Å². The molecular weight excluding hydrogens is 1740 g/mol. The Labute approximate surface area is 812 Å². The molecule has 0 aliphatic carbocycles. The average Bonchev–Trinajstić information content (AvgIpc) is 1.55. The second kappa shape index (κ2) is 34.3. The summed E-state index contributed by atoms with van der Waals surface area (Å²) in [5.74, 6) is 4.05. The minimum Gasteiger partial charge on any atom is -0.309 e. The van der Waals surface area contributed by atoms with Gasteiger partial charge in [0.05, 0.1) is 60.9 Å². The molecule has 0 unspecified atom stereocenters. The van der Waals surface area contributed by atoms with Crippen molar-refractivity contribution in [2.75, 3.05) is 0 Å². The van der Waals surface area contributed by atoms with Crippen molar-refractivity contribution in [3.8, 4) is 114 Å². The Hall–Kier alpha value is -19.7. The predicted molar refractivity (Wildman–Crippen MR) is 577 cm³/mol. The van der Waals surface area contributed by atoms with Crippen LogP contribution in [-0.2, 0) is 0 Å². The molecule has 29 aromatic rings. The smallest absolute Gasteiger partial charge is 0.240 e. The second-order valence-corrected chi connectivity index (χ2v) is 35.2. The molecule has 12 heterocycles. The molecule has 0 amide bonds. The minimum atomic E-state index is 0.515. The molecule has 17 nitrogen and oxygen atoms in total. The molecule has 17 aromatic carbocycles. The Morgan fingerprint density at radius 2 is 0.401 bits per heavy atom. The fourth-order valence-electron chi connectivity index (χ4n) is 20.8. The molecule has 0 saturated carbocycles. The molecule has 12 aromatic heterocycles. The lowest BCUT2D eigenvalue weighted by molar-refractivity contribution is 0.944. The van der Waals surface area contributed by atoms with Crippen molar-refractivity contribution >= 4 is 142 Å². The van der Waals surface area contributed by atoms with Crippen molar-refractivity contribution in [1.82, 2.24) is 82.2 Å². The van der Waals surface area contributed by atoms with Crippen LogP contribution in [0.5, 0.6) is 0 Å². The van der Waals surface area contributed by atoms with Crippen LogP contribution in [0.25, 0.3) is 256 Å². The van der Waals surface area contributed by atoms with Gasteiger partial charge in [-0.05, 0) is 138 Å². The number of rotatable bonds is 13. The molecule has 0 aliphatic heterocycles. The zero-order chi connectivity index (χ0) is 93.7. The summed E-state index contributed by atoms with van der Waals surface area (Å²) in [5.41, 5.74) is 26.7. The molecule has 0 bridgehead atoms. The summed E-state index contributed by atoms with van der Waals surface area (Å²) in [7, 11) is 0. The first kappa shape index (κ1) is 81.9. The van der Waals surface area contributed by atoms with Gasteiger partial charge < -0.3 is 13.7 Å². The molecule has 0 radical (unpaired) electrons. The van der Waals surface area contributed by atoms with E-state index in [2.05, 4.69) is 355 Å². The molecular formula is C125H79N17. The van der Waals surface area contributed by atoms with Crippen molar-refractivity contribution in [2.24, 2.45) is 0 Å². The molecule has 17 heteroatoms. The molecule has 0 spiro atoms. The molecule has 0 fully saturated rings. The zero-order valence-electron chi connectivity index (χ0n) is 76.2. The van der Waals surface area contributed by atoms with E-state index in [1.54, 1.807) is 0 Å². The first-order valence-electron chi connectivity index (χ1n) is 47.4. The minimum absolute atomic E-state index is 0.515. The third-order valence-corrected chi connectivity index (χ3v) is 27.1. The van der Waals surface area contributed by atoms with Gasteiger partial charge in [-0.2, -0.15) is 19.9 Å². The zero-order valence-corrected chi connectivity index (χ0v) is 76.2. The number of fused-ring (bicyclic) bond motifs is 22. The van der Waals surface area contributed by atoms with E-state index in [0.29, 0.717) is 41.1 Å². The van der Waals surface area contributed by atoms with Gasteiger partial charge in [-0.3, -0.25) is 13.7 Å². The van der Waals surface area contributed by atoms with Crippen LogP contribution in [0.2, 0.25) is 0 Å². The van der Waals surface area contributed by atoms with Gasteiger partial charge >= 0.3 is 0 Å². The van der Waals surface area contributed by atoms with E-state index in [4.69, 9.17) is 54.8 Å². The normalized spacial score (nSPS) is 11.7. The lowest BCUT2D eigenvalue weighted by Gasteiger charge is -2.12. The molecule has 664 valence electrons. The number of nitrogens with zero attached hydrogens (tertiary/aromatic N) is 17. The monoisotopic (exact) mass is 1820 g/mol. The SMILES string of the molecule is c1ccc(-c2ccc(-c3nc(-c4ccccc4)nc(-n4c5ccc6c7ccccc7n(-c7ccccc7)c6c5c5cccnc54)n3)cc2)cc1.c1ccc(-c2ccc(-c3nc(-n4c5ccc6c7ccccc7n(-c7ccccc7)c6c5c5cccnc54)nc4ccccc34)cc2)cc1.c1ccc(-c2nc(-c3ccccc3)nc(-n3c4ccc5c6ccccc6n(-c6ccccc6)c5c4c4cccnc43)n2)cc1. The Kier molecular flexibility index (Phi) is 19.8. The van der Waals surface area contributed by atoms with Crippen molar-refractivity contribution in [3.63, 3.8) is 0 Å². The maximum absolute atomic E-state index is 5.32.